The van der Waals surface area contributed by atoms with Crippen molar-refractivity contribution in [3.05, 3.63) is 178 Å². The minimum atomic E-state index is -1.71. The number of hydrogen-bond acceptors (Lipinski definition) is 6. The Labute approximate surface area is 331 Å². The van der Waals surface area contributed by atoms with Crippen LogP contribution >= 0.6 is 16.3 Å². The van der Waals surface area contributed by atoms with Gasteiger partial charge in [0.05, 0.1) is 10.8 Å². The fraction of sp³-hybridized carbons (Fsp3) is 0.250. The van der Waals surface area contributed by atoms with Crippen LogP contribution in [-0.4, -0.2) is 0 Å². The third-order valence-electron chi connectivity index (χ3n) is 11.2. The van der Waals surface area contributed by atoms with E-state index in [1.807, 2.05) is 0 Å². The Kier molecular flexibility index (Phi) is 10.8. The van der Waals surface area contributed by atoms with Crippen molar-refractivity contribution in [3.63, 3.8) is 0 Å². The van der Waals surface area contributed by atoms with Crippen LogP contribution in [0.15, 0.2) is 150 Å². The summed E-state index contributed by atoms with van der Waals surface area (Å²) in [5.74, 6) is 0. The second kappa shape index (κ2) is 15.9. The van der Waals surface area contributed by atoms with Crippen molar-refractivity contribution in [2.24, 2.45) is 0 Å². The van der Waals surface area contributed by atoms with Crippen molar-refractivity contribution in [1.29, 1.82) is 0 Å². The van der Waals surface area contributed by atoms with Crippen LogP contribution < -0.4 is 9.34 Å². The molecule has 8 aromatic rings. The van der Waals surface area contributed by atoms with E-state index in [2.05, 4.69) is 198 Å². The fourth-order valence-electron chi connectivity index (χ4n) is 8.14. The Morgan fingerprint density at radius 1 is 0.357 bits per heavy atom. The maximum absolute atomic E-state index is 7.35. The summed E-state index contributed by atoms with van der Waals surface area (Å²) in [5, 5.41) is 1.79. The van der Waals surface area contributed by atoms with Crippen molar-refractivity contribution in [2.45, 2.75) is 79.6 Å². The number of nitrogens with zero attached hydrogens (tertiary/aromatic N) is 2. The molecule has 8 heteroatoms. The molecular weight excluding hydrogens is 730 g/mol. The van der Waals surface area contributed by atoms with Crippen LogP contribution in [0.5, 0.6) is 0 Å². The largest absolute Gasteiger partial charge is 0.407 e. The first kappa shape index (κ1) is 37.9. The lowest BCUT2D eigenvalue weighted by Crippen LogP contribution is -2.27. The second-order valence-electron chi connectivity index (χ2n) is 15.0. The SMILES string of the molecule is Cc1cc(C)c2op(N(C(C)c3ccccc3)C(C)c3ccccc3)oc3c(C)cc(C)c4op(N(C(C)c5ccccc5)C(C)c5ccccc5)oc1c2c43. The minimum Gasteiger partial charge on any atom is -0.407 e. The third-order valence-corrected chi connectivity index (χ3v) is 14.7. The fourth-order valence-corrected chi connectivity index (χ4v) is 11.8. The summed E-state index contributed by atoms with van der Waals surface area (Å²) >= 11 is 0. The number of rotatable bonds is 10. The molecular formula is C48H50N2O4P2. The van der Waals surface area contributed by atoms with Crippen LogP contribution in [0.4, 0.5) is 0 Å². The first-order valence-corrected chi connectivity index (χ1v) is 21.8. The highest BCUT2D eigenvalue weighted by Crippen LogP contribution is 2.52. The summed E-state index contributed by atoms with van der Waals surface area (Å²) in [7, 11) is -3.41. The van der Waals surface area contributed by atoms with Crippen molar-refractivity contribution < 1.29 is 16.8 Å². The molecule has 6 aromatic carbocycles. The Hall–Kier alpha value is -4.96. The van der Waals surface area contributed by atoms with Gasteiger partial charge in [0.1, 0.15) is 22.3 Å². The van der Waals surface area contributed by atoms with Crippen LogP contribution in [0, 0.1) is 27.7 Å². The molecule has 0 N–H and O–H groups in total. The van der Waals surface area contributed by atoms with Crippen LogP contribution in [0.1, 0.15) is 96.4 Å². The smallest absolute Gasteiger partial charge is 0.310 e. The first-order chi connectivity index (χ1) is 27.1. The summed E-state index contributed by atoms with van der Waals surface area (Å²) in [6, 6.07) is 46.8. The topological polar surface area (TPSA) is 59.0 Å². The average Bonchev–Trinajstić information content (AvgIpc) is 3.52. The quantitative estimate of drug-likeness (QED) is 0.138. The van der Waals surface area contributed by atoms with Gasteiger partial charge >= 0.3 is 16.3 Å². The van der Waals surface area contributed by atoms with Gasteiger partial charge in [-0.15, -0.1) is 0 Å². The van der Waals surface area contributed by atoms with Crippen molar-refractivity contribution in [1.82, 2.24) is 0 Å². The zero-order valence-corrected chi connectivity index (χ0v) is 35.2. The highest BCUT2D eigenvalue weighted by molar-refractivity contribution is 7.39. The van der Waals surface area contributed by atoms with E-state index in [1.165, 1.54) is 22.3 Å². The average molecular weight is 781 g/mol. The molecule has 286 valence electrons. The van der Waals surface area contributed by atoms with Crippen molar-refractivity contribution >= 4 is 49.4 Å². The molecule has 0 saturated carbocycles. The summed E-state index contributed by atoms with van der Waals surface area (Å²) in [5.41, 5.74) is 11.9. The molecule has 0 saturated heterocycles. The van der Waals surface area contributed by atoms with Crippen molar-refractivity contribution in [2.75, 3.05) is 9.34 Å². The summed E-state index contributed by atoms with van der Waals surface area (Å²) in [6.07, 6.45) is 0. The Balaban J connectivity index is 1.46. The molecule has 2 aromatic heterocycles. The standard InChI is InChI=1S/C48H50N2O4P2/c1-31-29-32(2)46-43-44-47(53-55(51-45(31)43)49(35(5)39-21-13-9-14-22-39)36(6)40-23-15-10-16-24-40)33(3)30-34(4)48(44)54-56(52-46)50(37(7)41-25-17-11-18-26-41)38(8)42-27-19-12-20-28-42/h9-30,35-38H,1-8H3. The van der Waals surface area contributed by atoms with Gasteiger partial charge in [-0.3, -0.25) is 0 Å². The molecule has 0 amide bonds. The lowest BCUT2D eigenvalue weighted by Gasteiger charge is -2.32. The molecule has 6 nitrogen and oxygen atoms in total. The number of hydrogen-bond donors (Lipinski definition) is 0. The van der Waals surface area contributed by atoms with Crippen LogP contribution in [0.3, 0.4) is 0 Å². The van der Waals surface area contributed by atoms with Crippen LogP contribution in [0.2, 0.25) is 0 Å². The van der Waals surface area contributed by atoms with Gasteiger partial charge in [-0.1, -0.05) is 121 Å². The van der Waals surface area contributed by atoms with Gasteiger partial charge in [-0.2, -0.15) is 9.34 Å². The summed E-state index contributed by atoms with van der Waals surface area (Å²) < 4.78 is 34.2. The molecule has 4 unspecified atom stereocenters. The van der Waals surface area contributed by atoms with E-state index in [-0.39, 0.29) is 24.2 Å². The van der Waals surface area contributed by atoms with Crippen molar-refractivity contribution in [3.8, 4) is 0 Å². The molecule has 0 bridgehead atoms. The molecule has 0 aliphatic heterocycles. The maximum Gasteiger partial charge on any atom is 0.310 e. The van der Waals surface area contributed by atoms with E-state index >= 15 is 0 Å². The zero-order valence-electron chi connectivity index (χ0n) is 33.4. The second-order valence-corrected chi connectivity index (χ2v) is 17.6. The van der Waals surface area contributed by atoms with E-state index in [0.717, 1.165) is 55.4 Å². The summed E-state index contributed by atoms with van der Waals surface area (Å²) in [6.45, 7) is 17.5. The Morgan fingerprint density at radius 3 is 0.786 bits per heavy atom. The van der Waals surface area contributed by atoms with Gasteiger partial charge in [0.15, 0.2) is 0 Å². The van der Waals surface area contributed by atoms with Gasteiger partial charge in [0.25, 0.3) is 0 Å². The molecule has 0 spiro atoms. The maximum atomic E-state index is 7.35. The van der Waals surface area contributed by atoms with E-state index in [1.54, 1.807) is 0 Å². The molecule has 0 aliphatic carbocycles. The molecule has 4 atom stereocenters. The molecule has 0 fully saturated rings. The highest BCUT2D eigenvalue weighted by Gasteiger charge is 2.33. The number of aryl methyl sites for hydroxylation is 4. The summed E-state index contributed by atoms with van der Waals surface area (Å²) in [4.78, 5) is 0. The van der Waals surface area contributed by atoms with Gasteiger partial charge in [-0.25, -0.2) is 0 Å². The molecule has 2 heterocycles. The Bertz CT molecular complexity index is 2310. The predicted octanol–water partition coefficient (Wildman–Crippen LogP) is 15.3. The lowest BCUT2D eigenvalue weighted by atomic mass is 10.0. The van der Waals surface area contributed by atoms with E-state index in [4.69, 9.17) is 16.8 Å². The zero-order chi connectivity index (χ0) is 39.1. The normalized spacial score (nSPS) is 14.1. The molecule has 0 aliphatic rings. The van der Waals surface area contributed by atoms with Gasteiger partial charge in [0, 0.05) is 24.2 Å². The Morgan fingerprint density at radius 2 is 0.571 bits per heavy atom. The third kappa shape index (κ3) is 7.01. The monoisotopic (exact) mass is 780 g/mol. The molecule has 56 heavy (non-hydrogen) atoms. The van der Waals surface area contributed by atoms with Gasteiger partial charge < -0.3 is 16.8 Å². The van der Waals surface area contributed by atoms with E-state index in [0.29, 0.717) is 0 Å². The first-order valence-electron chi connectivity index (χ1n) is 19.5. The highest BCUT2D eigenvalue weighted by atomic mass is 31.1. The number of benzene rings is 6. The van der Waals surface area contributed by atoms with E-state index < -0.39 is 16.3 Å². The van der Waals surface area contributed by atoms with E-state index in [9.17, 15) is 0 Å². The van der Waals surface area contributed by atoms with Crippen LogP contribution in [0.25, 0.3) is 33.1 Å². The van der Waals surface area contributed by atoms with Gasteiger partial charge in [0.2, 0.25) is 0 Å². The predicted molar refractivity (Wildman–Crippen MR) is 235 cm³/mol. The minimum absolute atomic E-state index is 0.0290. The molecule has 8 rings (SSSR count). The van der Waals surface area contributed by atoms with Gasteiger partial charge in [-0.05, 0) is 112 Å². The lowest BCUT2D eigenvalue weighted by molar-refractivity contribution is 0.553. The molecule has 0 radical (unpaired) electrons. The van der Waals surface area contributed by atoms with Crippen LogP contribution in [-0.2, 0) is 0 Å².